The quantitative estimate of drug-likeness (QED) is 0.833. The van der Waals surface area contributed by atoms with Crippen LogP contribution in [-0.4, -0.2) is 6.54 Å². The van der Waals surface area contributed by atoms with Crippen molar-refractivity contribution < 1.29 is 4.39 Å². The molecule has 1 saturated carbocycles. The number of benzene rings is 1. The lowest BCUT2D eigenvalue weighted by atomic mass is 10.1. The fraction of sp³-hybridized carbons (Fsp3) is 0.500. The molecule has 0 saturated heterocycles. The standard InChI is InChI=1S/C12H16BrFN2/c1-12(2)5-7(12)6-16-11-4-9(14)8(13)3-10(11)15/h3-4,7,16H,5-6,15H2,1-2H3. The van der Waals surface area contributed by atoms with Gasteiger partial charge in [-0.15, -0.1) is 0 Å². The molecule has 0 amide bonds. The molecule has 16 heavy (non-hydrogen) atoms. The maximum absolute atomic E-state index is 13.3. The van der Waals surface area contributed by atoms with Crippen LogP contribution in [0.5, 0.6) is 0 Å². The van der Waals surface area contributed by atoms with Crippen molar-refractivity contribution in [3.8, 4) is 0 Å². The molecular weight excluding hydrogens is 271 g/mol. The summed E-state index contributed by atoms with van der Waals surface area (Å²) in [5.41, 5.74) is 7.49. The first-order valence-corrected chi connectivity index (χ1v) is 6.18. The van der Waals surface area contributed by atoms with Gasteiger partial charge in [-0.3, -0.25) is 0 Å². The van der Waals surface area contributed by atoms with Crippen LogP contribution in [0, 0.1) is 17.2 Å². The third-order valence-electron chi connectivity index (χ3n) is 3.35. The summed E-state index contributed by atoms with van der Waals surface area (Å²) in [5, 5.41) is 3.21. The number of nitrogen functional groups attached to an aromatic ring is 1. The van der Waals surface area contributed by atoms with E-state index in [1.165, 1.54) is 12.5 Å². The molecule has 0 aromatic heterocycles. The van der Waals surface area contributed by atoms with Crippen molar-refractivity contribution in [3.05, 3.63) is 22.4 Å². The minimum Gasteiger partial charge on any atom is -0.397 e. The second-order valence-corrected chi connectivity index (χ2v) is 5.98. The molecule has 2 nitrogen and oxygen atoms in total. The van der Waals surface area contributed by atoms with Crippen LogP contribution in [0.4, 0.5) is 15.8 Å². The van der Waals surface area contributed by atoms with Gasteiger partial charge in [0.2, 0.25) is 0 Å². The number of nitrogens with one attached hydrogen (secondary N) is 1. The van der Waals surface area contributed by atoms with Crippen LogP contribution in [0.25, 0.3) is 0 Å². The molecule has 1 aliphatic carbocycles. The van der Waals surface area contributed by atoms with Gasteiger partial charge >= 0.3 is 0 Å². The third-order valence-corrected chi connectivity index (χ3v) is 3.96. The van der Waals surface area contributed by atoms with Gasteiger partial charge in [0, 0.05) is 12.6 Å². The Labute approximate surface area is 104 Å². The molecule has 1 fully saturated rings. The van der Waals surface area contributed by atoms with E-state index in [9.17, 15) is 4.39 Å². The summed E-state index contributed by atoms with van der Waals surface area (Å²) in [6, 6.07) is 3.03. The smallest absolute Gasteiger partial charge is 0.139 e. The van der Waals surface area contributed by atoms with Crippen LogP contribution < -0.4 is 11.1 Å². The Balaban J connectivity index is 2.02. The average molecular weight is 287 g/mol. The molecule has 1 aromatic rings. The van der Waals surface area contributed by atoms with E-state index < -0.39 is 0 Å². The van der Waals surface area contributed by atoms with Gasteiger partial charge in [-0.25, -0.2) is 4.39 Å². The summed E-state index contributed by atoms with van der Waals surface area (Å²) in [5.74, 6) is 0.380. The highest BCUT2D eigenvalue weighted by atomic mass is 79.9. The van der Waals surface area contributed by atoms with Gasteiger partial charge in [-0.05, 0) is 39.8 Å². The molecule has 0 bridgehead atoms. The zero-order valence-electron chi connectivity index (χ0n) is 9.48. The number of hydrogen-bond donors (Lipinski definition) is 2. The van der Waals surface area contributed by atoms with Crippen molar-refractivity contribution in [2.24, 2.45) is 11.3 Å². The van der Waals surface area contributed by atoms with Crippen molar-refractivity contribution in [1.82, 2.24) is 0 Å². The van der Waals surface area contributed by atoms with E-state index >= 15 is 0 Å². The van der Waals surface area contributed by atoms with Gasteiger partial charge in [0.25, 0.3) is 0 Å². The first kappa shape index (κ1) is 11.7. The van der Waals surface area contributed by atoms with Crippen LogP contribution >= 0.6 is 15.9 Å². The van der Waals surface area contributed by atoms with Gasteiger partial charge in [0.15, 0.2) is 0 Å². The summed E-state index contributed by atoms with van der Waals surface area (Å²) in [4.78, 5) is 0. The van der Waals surface area contributed by atoms with E-state index in [2.05, 4.69) is 35.1 Å². The topological polar surface area (TPSA) is 38.0 Å². The largest absolute Gasteiger partial charge is 0.397 e. The maximum atomic E-state index is 13.3. The Morgan fingerprint density at radius 2 is 2.19 bits per heavy atom. The Kier molecular flexibility index (Phi) is 2.86. The van der Waals surface area contributed by atoms with E-state index in [0.717, 1.165) is 6.54 Å². The maximum Gasteiger partial charge on any atom is 0.139 e. The minimum absolute atomic E-state index is 0.285. The van der Waals surface area contributed by atoms with Gasteiger partial charge < -0.3 is 11.1 Å². The van der Waals surface area contributed by atoms with Gasteiger partial charge in [-0.2, -0.15) is 0 Å². The first-order chi connectivity index (χ1) is 7.40. The van der Waals surface area contributed by atoms with E-state index in [4.69, 9.17) is 5.73 Å². The third kappa shape index (κ3) is 2.32. The number of halogens is 2. The molecule has 3 N–H and O–H groups in total. The molecular formula is C12H16BrFN2. The Morgan fingerprint density at radius 3 is 2.75 bits per heavy atom. The van der Waals surface area contributed by atoms with Gasteiger partial charge in [-0.1, -0.05) is 13.8 Å². The second kappa shape index (κ2) is 3.91. The number of nitrogens with two attached hydrogens (primary N) is 1. The fourth-order valence-corrected chi connectivity index (χ4v) is 2.23. The Hall–Kier alpha value is -0.770. The van der Waals surface area contributed by atoms with Crippen molar-refractivity contribution in [1.29, 1.82) is 0 Å². The molecule has 1 aromatic carbocycles. The highest BCUT2D eigenvalue weighted by Crippen LogP contribution is 2.51. The predicted octanol–water partition coefficient (Wildman–Crippen LogP) is 3.63. The Morgan fingerprint density at radius 1 is 1.56 bits per heavy atom. The summed E-state index contributed by atoms with van der Waals surface area (Å²) >= 11 is 3.11. The molecule has 88 valence electrons. The predicted molar refractivity (Wildman–Crippen MR) is 68.9 cm³/mol. The SMILES string of the molecule is CC1(C)CC1CNc1cc(F)c(Br)cc1N. The van der Waals surface area contributed by atoms with E-state index in [1.807, 2.05) is 0 Å². The van der Waals surface area contributed by atoms with Crippen LogP contribution in [0.2, 0.25) is 0 Å². The molecule has 0 heterocycles. The van der Waals surface area contributed by atoms with Crippen molar-refractivity contribution >= 4 is 27.3 Å². The fourth-order valence-electron chi connectivity index (χ4n) is 1.87. The van der Waals surface area contributed by atoms with Crippen LogP contribution in [-0.2, 0) is 0 Å². The van der Waals surface area contributed by atoms with Crippen molar-refractivity contribution in [2.45, 2.75) is 20.3 Å². The summed E-state index contributed by atoms with van der Waals surface area (Å²) in [6.07, 6.45) is 1.22. The molecule has 4 heteroatoms. The van der Waals surface area contributed by atoms with Gasteiger partial charge in [0.05, 0.1) is 15.8 Å². The zero-order valence-corrected chi connectivity index (χ0v) is 11.1. The Bertz CT molecular complexity index is 418. The van der Waals surface area contributed by atoms with Crippen LogP contribution in [0.1, 0.15) is 20.3 Å². The lowest BCUT2D eigenvalue weighted by molar-refractivity contribution is 0.573. The molecule has 0 aliphatic heterocycles. The first-order valence-electron chi connectivity index (χ1n) is 5.38. The molecule has 0 spiro atoms. The number of hydrogen-bond acceptors (Lipinski definition) is 2. The summed E-state index contributed by atoms with van der Waals surface area (Å²) in [6.45, 7) is 5.34. The van der Waals surface area contributed by atoms with Crippen molar-refractivity contribution in [3.63, 3.8) is 0 Å². The average Bonchev–Trinajstić information content (AvgIpc) is 2.78. The molecule has 1 atom stereocenters. The number of anilines is 2. The van der Waals surface area contributed by atoms with E-state index in [-0.39, 0.29) is 5.82 Å². The highest BCUT2D eigenvalue weighted by Gasteiger charge is 2.44. The van der Waals surface area contributed by atoms with E-state index in [1.54, 1.807) is 6.07 Å². The van der Waals surface area contributed by atoms with Gasteiger partial charge in [0.1, 0.15) is 5.82 Å². The van der Waals surface area contributed by atoms with Crippen LogP contribution in [0.3, 0.4) is 0 Å². The molecule has 1 unspecified atom stereocenters. The summed E-state index contributed by atoms with van der Waals surface area (Å²) < 4.78 is 13.7. The monoisotopic (exact) mass is 286 g/mol. The van der Waals surface area contributed by atoms with Crippen molar-refractivity contribution in [2.75, 3.05) is 17.6 Å². The summed E-state index contributed by atoms with van der Waals surface area (Å²) in [7, 11) is 0. The van der Waals surface area contributed by atoms with E-state index in [0.29, 0.717) is 27.2 Å². The minimum atomic E-state index is -0.285. The normalized spacial score (nSPS) is 21.9. The lowest BCUT2D eigenvalue weighted by Gasteiger charge is -2.11. The molecule has 1 aliphatic rings. The van der Waals surface area contributed by atoms with Crippen LogP contribution in [0.15, 0.2) is 16.6 Å². The zero-order chi connectivity index (χ0) is 11.9. The molecule has 0 radical (unpaired) electrons. The highest BCUT2D eigenvalue weighted by molar-refractivity contribution is 9.10. The lowest BCUT2D eigenvalue weighted by Crippen LogP contribution is -2.09. The number of rotatable bonds is 3. The second-order valence-electron chi connectivity index (χ2n) is 5.12. The molecule has 2 rings (SSSR count).